The first-order valence-electron chi connectivity index (χ1n) is 5.29. The lowest BCUT2D eigenvalue weighted by Gasteiger charge is -2.07. The zero-order valence-electron chi connectivity index (χ0n) is 9.68. The summed E-state index contributed by atoms with van der Waals surface area (Å²) in [5, 5.41) is 9.08. The van der Waals surface area contributed by atoms with Crippen LogP contribution in [0.2, 0.25) is 0 Å². The monoisotopic (exact) mass is 306 g/mol. The molecule has 0 aliphatic carbocycles. The van der Waals surface area contributed by atoms with Crippen LogP contribution in [0.3, 0.4) is 0 Å². The Morgan fingerprint density at radius 2 is 1.89 bits per heavy atom. The van der Waals surface area contributed by atoms with Crippen LogP contribution in [0, 0.1) is 0 Å². The lowest BCUT2D eigenvalue weighted by Crippen LogP contribution is -1.97. The fourth-order valence-corrected chi connectivity index (χ4v) is 2.09. The number of hydrogen-bond acceptors (Lipinski definition) is 2. The van der Waals surface area contributed by atoms with E-state index in [0.29, 0.717) is 4.47 Å². The Morgan fingerprint density at radius 1 is 1.17 bits per heavy atom. The van der Waals surface area contributed by atoms with Crippen LogP contribution in [0.25, 0.3) is 11.1 Å². The van der Waals surface area contributed by atoms with Crippen molar-refractivity contribution >= 4 is 21.9 Å². The average molecular weight is 307 g/mol. The molecule has 0 aromatic heterocycles. The maximum absolute atomic E-state index is 11.1. The topological polar surface area (TPSA) is 46.5 Å². The average Bonchev–Trinajstić information content (AvgIpc) is 2.39. The number of methoxy groups -OCH3 is 1. The SMILES string of the molecule is COc1cccc(-c2ccc(Br)c(C(=O)O)c2)c1. The van der Waals surface area contributed by atoms with E-state index < -0.39 is 5.97 Å². The lowest BCUT2D eigenvalue weighted by molar-refractivity contribution is 0.0696. The molecular formula is C14H11BrO3. The van der Waals surface area contributed by atoms with Crippen LogP contribution in [0.1, 0.15) is 10.4 Å². The number of rotatable bonds is 3. The summed E-state index contributed by atoms with van der Waals surface area (Å²) in [6.07, 6.45) is 0. The molecule has 4 heteroatoms. The highest BCUT2D eigenvalue weighted by Gasteiger charge is 2.10. The highest BCUT2D eigenvalue weighted by atomic mass is 79.9. The minimum atomic E-state index is -0.952. The molecule has 0 aliphatic heterocycles. The molecule has 0 amide bonds. The molecule has 2 rings (SSSR count). The maximum atomic E-state index is 11.1. The van der Waals surface area contributed by atoms with Crippen molar-refractivity contribution in [2.45, 2.75) is 0 Å². The summed E-state index contributed by atoms with van der Waals surface area (Å²) >= 11 is 3.23. The third-order valence-electron chi connectivity index (χ3n) is 2.60. The molecule has 0 saturated heterocycles. The van der Waals surface area contributed by atoms with Crippen molar-refractivity contribution in [1.82, 2.24) is 0 Å². The number of benzene rings is 2. The molecule has 0 bridgehead atoms. The van der Waals surface area contributed by atoms with E-state index in [9.17, 15) is 4.79 Å². The minimum Gasteiger partial charge on any atom is -0.497 e. The van der Waals surface area contributed by atoms with Gasteiger partial charge in [-0.2, -0.15) is 0 Å². The second kappa shape index (κ2) is 5.23. The molecule has 0 saturated carbocycles. The van der Waals surface area contributed by atoms with Crippen LogP contribution in [0.4, 0.5) is 0 Å². The van der Waals surface area contributed by atoms with Gasteiger partial charge < -0.3 is 9.84 Å². The van der Waals surface area contributed by atoms with E-state index in [1.54, 1.807) is 19.2 Å². The van der Waals surface area contributed by atoms with Gasteiger partial charge in [-0.1, -0.05) is 18.2 Å². The Morgan fingerprint density at radius 3 is 2.56 bits per heavy atom. The zero-order chi connectivity index (χ0) is 13.1. The quantitative estimate of drug-likeness (QED) is 0.937. The maximum Gasteiger partial charge on any atom is 0.336 e. The summed E-state index contributed by atoms with van der Waals surface area (Å²) in [6.45, 7) is 0. The number of ether oxygens (including phenoxy) is 1. The summed E-state index contributed by atoms with van der Waals surface area (Å²) in [7, 11) is 1.60. The van der Waals surface area contributed by atoms with E-state index in [1.165, 1.54) is 0 Å². The van der Waals surface area contributed by atoms with Gasteiger partial charge in [-0.05, 0) is 51.3 Å². The predicted molar refractivity (Wildman–Crippen MR) is 73.1 cm³/mol. The van der Waals surface area contributed by atoms with E-state index in [2.05, 4.69) is 15.9 Å². The van der Waals surface area contributed by atoms with Crippen LogP contribution in [0.15, 0.2) is 46.9 Å². The minimum absolute atomic E-state index is 0.246. The van der Waals surface area contributed by atoms with Crippen LogP contribution in [0.5, 0.6) is 5.75 Å². The van der Waals surface area contributed by atoms with Crippen molar-refractivity contribution in [3.8, 4) is 16.9 Å². The molecule has 3 nitrogen and oxygen atoms in total. The van der Waals surface area contributed by atoms with E-state index in [1.807, 2.05) is 30.3 Å². The fraction of sp³-hybridized carbons (Fsp3) is 0.0714. The molecule has 18 heavy (non-hydrogen) atoms. The van der Waals surface area contributed by atoms with E-state index in [4.69, 9.17) is 9.84 Å². The van der Waals surface area contributed by atoms with E-state index >= 15 is 0 Å². The van der Waals surface area contributed by atoms with Crippen LogP contribution < -0.4 is 4.74 Å². The molecule has 2 aromatic carbocycles. The first kappa shape index (κ1) is 12.6. The first-order valence-corrected chi connectivity index (χ1v) is 6.08. The standard InChI is InChI=1S/C14H11BrO3/c1-18-11-4-2-3-9(7-11)10-5-6-13(15)12(8-10)14(16)17/h2-8H,1H3,(H,16,17). The number of carboxylic acid groups (broad SMARTS) is 1. The molecule has 0 heterocycles. The molecule has 0 radical (unpaired) electrons. The molecule has 0 unspecified atom stereocenters. The smallest absolute Gasteiger partial charge is 0.336 e. The Kier molecular flexibility index (Phi) is 3.67. The van der Waals surface area contributed by atoms with Gasteiger partial charge in [0.05, 0.1) is 12.7 Å². The number of carbonyl (C=O) groups is 1. The third kappa shape index (κ3) is 2.54. The summed E-state index contributed by atoms with van der Waals surface area (Å²) in [5.41, 5.74) is 2.01. The molecular weight excluding hydrogens is 296 g/mol. The first-order chi connectivity index (χ1) is 8.61. The second-order valence-electron chi connectivity index (χ2n) is 3.73. The largest absolute Gasteiger partial charge is 0.497 e. The van der Waals surface area contributed by atoms with Crippen molar-refractivity contribution in [2.24, 2.45) is 0 Å². The Hall–Kier alpha value is -1.81. The highest BCUT2D eigenvalue weighted by Crippen LogP contribution is 2.27. The van der Waals surface area contributed by atoms with Gasteiger partial charge in [-0.25, -0.2) is 4.79 Å². The van der Waals surface area contributed by atoms with Gasteiger partial charge in [-0.3, -0.25) is 0 Å². The second-order valence-corrected chi connectivity index (χ2v) is 4.59. The summed E-state index contributed by atoms with van der Waals surface area (Å²) in [5.74, 6) is -0.209. The number of carboxylic acids is 1. The Labute approximate surface area is 113 Å². The molecule has 92 valence electrons. The molecule has 2 aromatic rings. The highest BCUT2D eigenvalue weighted by molar-refractivity contribution is 9.10. The lowest BCUT2D eigenvalue weighted by atomic mass is 10.0. The summed E-state index contributed by atoms with van der Waals surface area (Å²) in [6, 6.07) is 12.7. The Bertz CT molecular complexity index is 593. The molecule has 0 fully saturated rings. The molecule has 0 aliphatic rings. The van der Waals surface area contributed by atoms with Gasteiger partial charge in [-0.15, -0.1) is 0 Å². The van der Waals surface area contributed by atoms with Crippen LogP contribution in [-0.4, -0.2) is 18.2 Å². The van der Waals surface area contributed by atoms with Gasteiger partial charge >= 0.3 is 5.97 Å². The van der Waals surface area contributed by atoms with E-state index in [0.717, 1.165) is 16.9 Å². The fourth-order valence-electron chi connectivity index (χ4n) is 1.67. The number of hydrogen-bond donors (Lipinski definition) is 1. The van der Waals surface area contributed by atoms with Crippen molar-refractivity contribution in [3.05, 3.63) is 52.5 Å². The molecule has 1 N–H and O–H groups in total. The summed E-state index contributed by atoms with van der Waals surface area (Å²) < 4.78 is 5.72. The van der Waals surface area contributed by atoms with Gasteiger partial charge in [0, 0.05) is 4.47 Å². The van der Waals surface area contributed by atoms with Crippen LogP contribution >= 0.6 is 15.9 Å². The van der Waals surface area contributed by atoms with Gasteiger partial charge in [0.1, 0.15) is 5.75 Å². The van der Waals surface area contributed by atoms with Crippen LogP contribution in [-0.2, 0) is 0 Å². The van der Waals surface area contributed by atoms with Crippen molar-refractivity contribution in [3.63, 3.8) is 0 Å². The third-order valence-corrected chi connectivity index (χ3v) is 3.29. The number of halogens is 1. The van der Waals surface area contributed by atoms with Gasteiger partial charge in [0.2, 0.25) is 0 Å². The number of aromatic carboxylic acids is 1. The van der Waals surface area contributed by atoms with Crippen molar-refractivity contribution in [1.29, 1.82) is 0 Å². The van der Waals surface area contributed by atoms with E-state index in [-0.39, 0.29) is 5.56 Å². The Balaban J connectivity index is 2.50. The predicted octanol–water partition coefficient (Wildman–Crippen LogP) is 3.82. The summed E-state index contributed by atoms with van der Waals surface area (Å²) in [4.78, 5) is 11.1. The van der Waals surface area contributed by atoms with Crippen molar-refractivity contribution < 1.29 is 14.6 Å². The molecule has 0 spiro atoms. The van der Waals surface area contributed by atoms with Gasteiger partial charge in [0.25, 0.3) is 0 Å². The van der Waals surface area contributed by atoms with Gasteiger partial charge in [0.15, 0.2) is 0 Å². The molecule has 0 atom stereocenters. The van der Waals surface area contributed by atoms with Crippen molar-refractivity contribution in [2.75, 3.05) is 7.11 Å². The normalized spacial score (nSPS) is 10.1. The zero-order valence-corrected chi connectivity index (χ0v) is 11.3.